The van der Waals surface area contributed by atoms with Crippen LogP contribution in [-0.2, 0) is 20.8 Å². The Morgan fingerprint density at radius 3 is 2.48 bits per heavy atom. The third-order valence-electron chi connectivity index (χ3n) is 2.66. The molecule has 0 aliphatic carbocycles. The number of benzene rings is 1. The summed E-state index contributed by atoms with van der Waals surface area (Å²) in [6, 6.07) is 0.914. The van der Waals surface area contributed by atoms with Crippen molar-refractivity contribution in [3.63, 3.8) is 0 Å². The van der Waals surface area contributed by atoms with Gasteiger partial charge in [0.2, 0.25) is 10.0 Å². The van der Waals surface area contributed by atoms with Crippen molar-refractivity contribution >= 4 is 26.8 Å². The number of hydrogen-bond acceptors (Lipinski definition) is 4. The van der Waals surface area contributed by atoms with E-state index in [1.807, 2.05) is 4.72 Å². The average Bonchev–Trinajstić information content (AvgIpc) is 2.38. The van der Waals surface area contributed by atoms with Gasteiger partial charge in [-0.1, -0.05) is 0 Å². The van der Waals surface area contributed by atoms with Crippen LogP contribution in [0.5, 0.6) is 0 Å². The second kappa shape index (κ2) is 6.58. The molecule has 0 radical (unpaired) electrons. The van der Waals surface area contributed by atoms with E-state index < -0.39 is 54.1 Å². The van der Waals surface area contributed by atoms with Crippen LogP contribution in [0, 0.1) is 11.6 Å². The van der Waals surface area contributed by atoms with Crippen LogP contribution in [0.15, 0.2) is 17.0 Å². The monoisotopic (exact) mass is 341 g/mol. The molecule has 0 spiro atoms. The summed E-state index contributed by atoms with van der Waals surface area (Å²) in [7, 11) is -5.77. The molecule has 2 atom stereocenters. The minimum atomic E-state index is -4.46. The van der Waals surface area contributed by atoms with Gasteiger partial charge in [-0.05, 0) is 19.1 Å². The van der Waals surface area contributed by atoms with E-state index in [1.54, 1.807) is 0 Å². The highest BCUT2D eigenvalue weighted by molar-refractivity contribution is 7.89. The summed E-state index contributed by atoms with van der Waals surface area (Å²) in [6.07, 6.45) is 1.37. The van der Waals surface area contributed by atoms with Gasteiger partial charge in [0.25, 0.3) is 0 Å². The Labute approximate surface area is 122 Å². The maximum Gasteiger partial charge on any atom is 0.335 e. The molecule has 1 aromatic carbocycles. The van der Waals surface area contributed by atoms with Gasteiger partial charge in [-0.3, -0.25) is 4.21 Å². The molecule has 118 valence electrons. The fourth-order valence-corrected chi connectivity index (χ4v) is 2.97. The van der Waals surface area contributed by atoms with Gasteiger partial charge in [0.15, 0.2) is 11.6 Å². The molecule has 1 rings (SSSR count). The highest BCUT2D eigenvalue weighted by Crippen LogP contribution is 2.20. The zero-order valence-electron chi connectivity index (χ0n) is 11.1. The van der Waals surface area contributed by atoms with Crippen molar-refractivity contribution in [2.24, 2.45) is 0 Å². The number of carboxylic acids is 1. The lowest BCUT2D eigenvalue weighted by Gasteiger charge is -2.12. The van der Waals surface area contributed by atoms with E-state index in [0.29, 0.717) is 12.1 Å². The Hall–Kier alpha value is -1.39. The highest BCUT2D eigenvalue weighted by atomic mass is 32.2. The maximum atomic E-state index is 13.6. The molecule has 0 aliphatic rings. The fourth-order valence-electron chi connectivity index (χ4n) is 1.31. The molecule has 0 aliphatic heterocycles. The molecule has 0 saturated carbocycles. The Balaban J connectivity index is 3.19. The molecular formula is C11H13F2NO5S2. The molecule has 0 bridgehead atoms. The summed E-state index contributed by atoms with van der Waals surface area (Å²) < 4.78 is 63.7. The lowest BCUT2D eigenvalue weighted by molar-refractivity contribution is 0.0696. The first-order valence-corrected chi connectivity index (χ1v) is 8.71. The third-order valence-corrected chi connectivity index (χ3v) is 5.38. The fraction of sp³-hybridized carbons (Fsp3) is 0.364. The van der Waals surface area contributed by atoms with Crippen LogP contribution in [0.2, 0.25) is 0 Å². The molecule has 0 heterocycles. The number of hydrogen-bond donors (Lipinski definition) is 2. The van der Waals surface area contributed by atoms with Crippen LogP contribution in [0.3, 0.4) is 0 Å². The number of aromatic carboxylic acids is 1. The first-order chi connectivity index (χ1) is 9.56. The Kier molecular flexibility index (Phi) is 5.54. The molecule has 0 aromatic heterocycles. The van der Waals surface area contributed by atoms with Gasteiger partial charge in [-0.2, -0.15) is 0 Å². The molecule has 6 nitrogen and oxygen atoms in total. The van der Waals surface area contributed by atoms with E-state index in [9.17, 15) is 26.2 Å². The van der Waals surface area contributed by atoms with Crippen LogP contribution in [0.4, 0.5) is 8.78 Å². The standard InChI is InChI=1S/C11H13F2NO5S2/c1-6(20(2)17)5-14-21(18,19)9-4-7(11(15)16)3-8(12)10(9)13/h3-4,6,14H,5H2,1-2H3,(H,15,16). The molecule has 1 aromatic rings. The van der Waals surface area contributed by atoms with Crippen LogP contribution >= 0.6 is 0 Å². The van der Waals surface area contributed by atoms with Gasteiger partial charge in [0.1, 0.15) is 4.90 Å². The SMILES string of the molecule is CC(CNS(=O)(=O)c1cc(C(=O)O)cc(F)c1F)S(C)=O. The van der Waals surface area contributed by atoms with Crippen molar-refractivity contribution in [1.29, 1.82) is 0 Å². The first kappa shape index (κ1) is 17.7. The van der Waals surface area contributed by atoms with Crippen LogP contribution in [0.25, 0.3) is 0 Å². The number of carbonyl (C=O) groups is 1. The molecule has 0 amide bonds. The molecule has 0 fully saturated rings. The predicted molar refractivity (Wildman–Crippen MR) is 72.0 cm³/mol. The number of sulfonamides is 1. The van der Waals surface area contributed by atoms with Crippen molar-refractivity contribution in [1.82, 2.24) is 4.72 Å². The third kappa shape index (κ3) is 4.29. The first-order valence-electron chi connectivity index (χ1n) is 5.60. The lowest BCUT2D eigenvalue weighted by Crippen LogP contribution is -2.33. The van der Waals surface area contributed by atoms with Crippen molar-refractivity contribution in [3.8, 4) is 0 Å². The van der Waals surface area contributed by atoms with Crippen LogP contribution in [-0.4, -0.2) is 41.8 Å². The number of rotatable bonds is 6. The molecule has 21 heavy (non-hydrogen) atoms. The van der Waals surface area contributed by atoms with Crippen molar-refractivity contribution in [2.45, 2.75) is 17.1 Å². The Morgan fingerprint density at radius 1 is 1.43 bits per heavy atom. The Morgan fingerprint density at radius 2 is 2.00 bits per heavy atom. The zero-order valence-corrected chi connectivity index (χ0v) is 12.7. The van der Waals surface area contributed by atoms with Crippen LogP contribution in [0.1, 0.15) is 17.3 Å². The van der Waals surface area contributed by atoms with Gasteiger partial charge in [-0.15, -0.1) is 0 Å². The van der Waals surface area contributed by atoms with E-state index in [2.05, 4.69) is 0 Å². The normalized spacial score (nSPS) is 14.7. The lowest BCUT2D eigenvalue weighted by atomic mass is 10.2. The van der Waals surface area contributed by atoms with E-state index >= 15 is 0 Å². The molecule has 0 saturated heterocycles. The summed E-state index contributed by atoms with van der Waals surface area (Å²) >= 11 is 0. The van der Waals surface area contributed by atoms with Crippen molar-refractivity contribution < 1.29 is 31.3 Å². The highest BCUT2D eigenvalue weighted by Gasteiger charge is 2.25. The van der Waals surface area contributed by atoms with E-state index in [4.69, 9.17) is 5.11 Å². The number of halogens is 2. The quantitative estimate of drug-likeness (QED) is 0.794. The van der Waals surface area contributed by atoms with Crippen LogP contribution < -0.4 is 4.72 Å². The van der Waals surface area contributed by atoms with E-state index in [1.165, 1.54) is 13.2 Å². The summed E-state index contributed by atoms with van der Waals surface area (Å²) in [5.41, 5.74) is -0.693. The minimum absolute atomic E-state index is 0.260. The Bertz CT molecular complexity index is 690. The summed E-state index contributed by atoms with van der Waals surface area (Å²) in [6.45, 7) is 1.24. The zero-order chi connectivity index (χ0) is 16.4. The molecular weight excluding hydrogens is 328 g/mol. The van der Waals surface area contributed by atoms with Crippen molar-refractivity contribution in [3.05, 3.63) is 29.3 Å². The van der Waals surface area contributed by atoms with Gasteiger partial charge in [0, 0.05) is 28.9 Å². The maximum absolute atomic E-state index is 13.6. The summed E-state index contributed by atoms with van der Waals surface area (Å²) in [5, 5.41) is 8.19. The number of carboxylic acid groups (broad SMARTS) is 1. The topological polar surface area (TPSA) is 101 Å². The van der Waals surface area contributed by atoms with Gasteiger partial charge in [0.05, 0.1) is 5.56 Å². The van der Waals surface area contributed by atoms with E-state index in [-0.39, 0.29) is 6.54 Å². The molecule has 2 N–H and O–H groups in total. The van der Waals surface area contributed by atoms with Gasteiger partial charge < -0.3 is 5.11 Å². The van der Waals surface area contributed by atoms with Gasteiger partial charge >= 0.3 is 5.97 Å². The second-order valence-electron chi connectivity index (χ2n) is 4.24. The smallest absolute Gasteiger partial charge is 0.335 e. The van der Waals surface area contributed by atoms with E-state index in [0.717, 1.165) is 0 Å². The minimum Gasteiger partial charge on any atom is -0.478 e. The molecule has 10 heteroatoms. The molecule has 2 unspecified atom stereocenters. The predicted octanol–water partition coefficient (Wildman–Crippen LogP) is 0.708. The average molecular weight is 341 g/mol. The largest absolute Gasteiger partial charge is 0.478 e. The number of nitrogens with one attached hydrogen (secondary N) is 1. The summed E-state index contributed by atoms with van der Waals surface area (Å²) in [4.78, 5) is 9.65. The summed E-state index contributed by atoms with van der Waals surface area (Å²) in [5.74, 6) is -4.84. The second-order valence-corrected chi connectivity index (χ2v) is 7.77. The van der Waals surface area contributed by atoms with Gasteiger partial charge in [-0.25, -0.2) is 26.7 Å². The van der Waals surface area contributed by atoms with Crippen molar-refractivity contribution in [2.75, 3.05) is 12.8 Å².